The molecular weight excluding hydrogens is 212 g/mol. The number of hydrogen-bond donors (Lipinski definition) is 0. The second-order valence-electron chi connectivity index (χ2n) is 3.37. The van der Waals surface area contributed by atoms with Gasteiger partial charge in [0.15, 0.2) is 11.5 Å². The molecule has 0 aliphatic carbocycles. The minimum absolute atomic E-state index is 0.381. The van der Waals surface area contributed by atoms with Gasteiger partial charge in [0.25, 0.3) is 0 Å². The Balaban J connectivity index is 3.01. The molecule has 3 heteroatoms. The molecule has 0 N–H and O–H groups in total. The molecule has 0 radical (unpaired) electrons. The largest absolute Gasteiger partial charge is 0.493 e. The van der Waals surface area contributed by atoms with Crippen molar-refractivity contribution in [2.24, 2.45) is 0 Å². The molecule has 84 valence electrons. The van der Waals surface area contributed by atoms with Crippen LogP contribution in [0.5, 0.6) is 11.5 Å². The number of ether oxygens (including phenoxy) is 2. The Hall–Kier alpha value is -0.890. The summed E-state index contributed by atoms with van der Waals surface area (Å²) in [5, 5.41) is 0. The third-order valence-electron chi connectivity index (χ3n) is 2.56. The first-order chi connectivity index (χ1) is 7.26. The molecule has 0 aromatic heterocycles. The highest BCUT2D eigenvalue weighted by atomic mass is 35.5. The van der Waals surface area contributed by atoms with E-state index < -0.39 is 0 Å². The number of halogens is 1. The average Bonchev–Trinajstić information content (AvgIpc) is 2.30. The minimum atomic E-state index is 0.381. The lowest BCUT2D eigenvalue weighted by Gasteiger charge is -2.14. The highest BCUT2D eigenvalue weighted by Crippen LogP contribution is 2.31. The van der Waals surface area contributed by atoms with Gasteiger partial charge in [-0.25, -0.2) is 0 Å². The Morgan fingerprint density at radius 3 is 2.33 bits per heavy atom. The fourth-order valence-electron chi connectivity index (χ4n) is 1.54. The molecule has 1 atom stereocenters. The van der Waals surface area contributed by atoms with E-state index in [1.807, 2.05) is 18.2 Å². The van der Waals surface area contributed by atoms with Crippen LogP contribution in [0, 0.1) is 0 Å². The quantitative estimate of drug-likeness (QED) is 0.719. The van der Waals surface area contributed by atoms with Gasteiger partial charge in [0.1, 0.15) is 0 Å². The summed E-state index contributed by atoms with van der Waals surface area (Å²) in [4.78, 5) is 0. The number of methoxy groups -OCH3 is 2. The van der Waals surface area contributed by atoms with Gasteiger partial charge in [-0.2, -0.15) is 0 Å². The zero-order chi connectivity index (χ0) is 11.3. The smallest absolute Gasteiger partial charge is 0.160 e. The first kappa shape index (κ1) is 12.2. The molecule has 0 bridgehead atoms. The van der Waals surface area contributed by atoms with Crippen molar-refractivity contribution in [3.05, 3.63) is 23.8 Å². The van der Waals surface area contributed by atoms with Gasteiger partial charge in [0.05, 0.1) is 14.2 Å². The van der Waals surface area contributed by atoms with Crippen molar-refractivity contribution in [1.29, 1.82) is 0 Å². The Bertz CT molecular complexity index is 308. The molecule has 0 amide bonds. The third kappa shape index (κ3) is 2.78. The molecule has 1 rings (SSSR count). The van der Waals surface area contributed by atoms with Gasteiger partial charge >= 0.3 is 0 Å². The van der Waals surface area contributed by atoms with Crippen molar-refractivity contribution in [2.75, 3.05) is 20.1 Å². The molecule has 1 unspecified atom stereocenters. The van der Waals surface area contributed by atoms with Crippen molar-refractivity contribution >= 4 is 11.6 Å². The zero-order valence-electron chi connectivity index (χ0n) is 9.42. The topological polar surface area (TPSA) is 18.5 Å². The monoisotopic (exact) mass is 228 g/mol. The second-order valence-corrected chi connectivity index (χ2v) is 3.68. The summed E-state index contributed by atoms with van der Waals surface area (Å²) in [6, 6.07) is 5.96. The summed E-state index contributed by atoms with van der Waals surface area (Å²) >= 11 is 5.90. The van der Waals surface area contributed by atoms with Crippen LogP contribution >= 0.6 is 11.6 Å². The van der Waals surface area contributed by atoms with E-state index >= 15 is 0 Å². The van der Waals surface area contributed by atoms with Crippen LogP contribution in [0.1, 0.15) is 24.8 Å². The van der Waals surface area contributed by atoms with Crippen LogP contribution in [0.3, 0.4) is 0 Å². The molecule has 0 fully saturated rings. The van der Waals surface area contributed by atoms with Gasteiger partial charge in [0, 0.05) is 5.88 Å². The number of rotatable bonds is 5. The van der Waals surface area contributed by atoms with Crippen LogP contribution in [-0.4, -0.2) is 20.1 Å². The van der Waals surface area contributed by atoms with Crippen LogP contribution < -0.4 is 9.47 Å². The maximum Gasteiger partial charge on any atom is 0.160 e. The first-order valence-electron chi connectivity index (χ1n) is 5.04. The zero-order valence-corrected chi connectivity index (χ0v) is 10.2. The van der Waals surface area contributed by atoms with Crippen molar-refractivity contribution < 1.29 is 9.47 Å². The summed E-state index contributed by atoms with van der Waals surface area (Å²) in [5.74, 6) is 2.53. The van der Waals surface area contributed by atoms with Crippen molar-refractivity contribution in [2.45, 2.75) is 19.3 Å². The van der Waals surface area contributed by atoms with Gasteiger partial charge in [0.2, 0.25) is 0 Å². The molecule has 1 aromatic carbocycles. The molecule has 0 aliphatic rings. The van der Waals surface area contributed by atoms with Crippen LogP contribution in [0.25, 0.3) is 0 Å². The van der Waals surface area contributed by atoms with Crippen LogP contribution in [0.4, 0.5) is 0 Å². The Kier molecular flexibility index (Phi) is 4.76. The van der Waals surface area contributed by atoms with E-state index in [4.69, 9.17) is 21.1 Å². The Labute approximate surface area is 96.2 Å². The predicted molar refractivity (Wildman–Crippen MR) is 63.3 cm³/mol. The predicted octanol–water partition coefficient (Wildman–Crippen LogP) is 3.44. The summed E-state index contributed by atoms with van der Waals surface area (Å²) < 4.78 is 10.4. The molecule has 2 nitrogen and oxygen atoms in total. The second kappa shape index (κ2) is 5.86. The molecule has 1 aromatic rings. The van der Waals surface area contributed by atoms with Gasteiger partial charge in [-0.3, -0.25) is 0 Å². The first-order valence-corrected chi connectivity index (χ1v) is 5.58. The number of benzene rings is 1. The molecule has 15 heavy (non-hydrogen) atoms. The molecule has 0 aliphatic heterocycles. The number of alkyl halides is 1. The van der Waals surface area contributed by atoms with E-state index in [0.29, 0.717) is 11.8 Å². The lowest BCUT2D eigenvalue weighted by Crippen LogP contribution is -2.00. The highest BCUT2D eigenvalue weighted by Gasteiger charge is 2.11. The van der Waals surface area contributed by atoms with Crippen molar-refractivity contribution in [3.63, 3.8) is 0 Å². The van der Waals surface area contributed by atoms with E-state index in [-0.39, 0.29) is 0 Å². The fourth-order valence-corrected chi connectivity index (χ4v) is 1.94. The number of hydrogen-bond acceptors (Lipinski definition) is 2. The lowest BCUT2D eigenvalue weighted by molar-refractivity contribution is 0.354. The average molecular weight is 229 g/mol. The Morgan fingerprint density at radius 1 is 1.20 bits per heavy atom. The van der Waals surface area contributed by atoms with Gasteiger partial charge in [-0.05, 0) is 30.0 Å². The summed E-state index contributed by atoms with van der Waals surface area (Å²) in [6.45, 7) is 2.13. The molecule has 0 spiro atoms. The molecular formula is C12H17ClO2. The lowest BCUT2D eigenvalue weighted by atomic mass is 9.98. The van der Waals surface area contributed by atoms with Gasteiger partial charge in [-0.15, -0.1) is 11.6 Å². The standard InChI is InChI=1S/C12H17ClO2/c1-4-9(8-13)10-5-6-11(14-2)12(7-10)15-3/h5-7,9H,4,8H2,1-3H3. The van der Waals surface area contributed by atoms with E-state index in [1.54, 1.807) is 14.2 Å². The molecule has 0 saturated carbocycles. The van der Waals surface area contributed by atoms with E-state index in [0.717, 1.165) is 17.9 Å². The maximum absolute atomic E-state index is 5.90. The highest BCUT2D eigenvalue weighted by molar-refractivity contribution is 6.18. The Morgan fingerprint density at radius 2 is 1.87 bits per heavy atom. The third-order valence-corrected chi connectivity index (χ3v) is 2.93. The van der Waals surface area contributed by atoms with E-state index in [2.05, 4.69) is 6.92 Å². The normalized spacial score (nSPS) is 12.3. The summed E-state index contributed by atoms with van der Waals surface area (Å²) in [7, 11) is 3.28. The summed E-state index contributed by atoms with van der Waals surface area (Å²) in [6.07, 6.45) is 1.03. The SMILES string of the molecule is CCC(CCl)c1ccc(OC)c(OC)c1. The molecule has 0 heterocycles. The van der Waals surface area contributed by atoms with E-state index in [1.165, 1.54) is 5.56 Å². The van der Waals surface area contributed by atoms with Crippen LogP contribution in [-0.2, 0) is 0 Å². The fraction of sp³-hybridized carbons (Fsp3) is 0.500. The van der Waals surface area contributed by atoms with E-state index in [9.17, 15) is 0 Å². The van der Waals surface area contributed by atoms with Crippen LogP contribution in [0.2, 0.25) is 0 Å². The van der Waals surface area contributed by atoms with Crippen molar-refractivity contribution in [1.82, 2.24) is 0 Å². The van der Waals surface area contributed by atoms with Crippen molar-refractivity contribution in [3.8, 4) is 11.5 Å². The van der Waals surface area contributed by atoms with Crippen LogP contribution in [0.15, 0.2) is 18.2 Å². The van der Waals surface area contributed by atoms with Gasteiger partial charge < -0.3 is 9.47 Å². The molecule has 0 saturated heterocycles. The maximum atomic E-state index is 5.90. The summed E-state index contributed by atoms with van der Waals surface area (Å²) in [5.41, 5.74) is 1.20. The minimum Gasteiger partial charge on any atom is -0.493 e. The van der Waals surface area contributed by atoms with Gasteiger partial charge in [-0.1, -0.05) is 13.0 Å².